The minimum atomic E-state index is 1.23. The summed E-state index contributed by atoms with van der Waals surface area (Å²) in [6, 6.07) is 6.41. The zero-order valence-electron chi connectivity index (χ0n) is 10.6. The Hall–Kier alpha value is -0.257. The Bertz CT molecular complexity index is 281. The predicted octanol–water partition coefficient (Wildman–Crippen LogP) is 5.38. The van der Waals surface area contributed by atoms with Crippen LogP contribution in [-0.4, -0.2) is 0 Å². The van der Waals surface area contributed by atoms with Gasteiger partial charge < -0.3 is 0 Å². The zero-order valence-corrected chi connectivity index (χ0v) is 13.1. The van der Waals surface area contributed by atoms with Gasteiger partial charge in [-0.15, -0.1) is 0 Å². The average Bonchev–Trinajstić information content (AvgIpc) is 2.65. The molecule has 2 rings (SSSR count). The van der Waals surface area contributed by atoms with Crippen LogP contribution in [0.3, 0.4) is 0 Å². The van der Waals surface area contributed by atoms with Crippen LogP contribution in [0.15, 0.2) is 42.5 Å². The third-order valence-corrected chi connectivity index (χ3v) is 2.40. The third kappa shape index (κ3) is 10.6. The molecule has 0 aromatic heterocycles. The summed E-state index contributed by atoms with van der Waals surface area (Å²) in [6.07, 6.45) is 14.0. The summed E-state index contributed by atoms with van der Waals surface area (Å²) in [6.45, 7) is 4.21. The number of halogens is 1. The van der Waals surface area contributed by atoms with Crippen molar-refractivity contribution in [3.8, 4) is 0 Å². The molecule has 0 radical (unpaired) electrons. The predicted molar refractivity (Wildman–Crippen MR) is 74.1 cm³/mol. The number of hydrogen-bond donors (Lipinski definition) is 0. The van der Waals surface area contributed by atoms with Crippen molar-refractivity contribution in [3.05, 3.63) is 53.6 Å². The maximum absolute atomic E-state index is 4.57. The van der Waals surface area contributed by atoms with Crippen LogP contribution in [0, 0.1) is 13.8 Å². The van der Waals surface area contributed by atoms with Gasteiger partial charge in [-0.3, -0.25) is 0 Å². The molecule has 0 atom stereocenters. The molecule has 0 amide bonds. The molecule has 0 N–H and O–H groups in total. The van der Waals surface area contributed by atoms with Gasteiger partial charge in [0.25, 0.3) is 0 Å². The molecule has 0 spiro atoms. The summed E-state index contributed by atoms with van der Waals surface area (Å²) < 4.78 is 0. The first-order chi connectivity index (χ1) is 8.29. The van der Waals surface area contributed by atoms with Gasteiger partial charge in [-0.25, -0.2) is 11.6 Å². The first-order valence-corrected chi connectivity index (χ1v) is 8.16. The molecule has 1 aromatic rings. The molecule has 0 heterocycles. The van der Waals surface area contributed by atoms with Crippen LogP contribution in [-0.2, 0) is 17.3 Å². The van der Waals surface area contributed by atoms with E-state index in [2.05, 4.69) is 66.0 Å². The van der Waals surface area contributed by atoms with Gasteiger partial charge in [-0.05, 0) is 25.7 Å². The van der Waals surface area contributed by atoms with Crippen molar-refractivity contribution in [2.75, 3.05) is 0 Å². The molecule has 2 heteroatoms. The van der Waals surface area contributed by atoms with Crippen molar-refractivity contribution in [1.29, 1.82) is 0 Å². The topological polar surface area (TPSA) is 0 Å². The maximum atomic E-state index is 4.57. The second-order valence-corrected chi connectivity index (χ2v) is 4.06. The van der Waals surface area contributed by atoms with Crippen LogP contribution in [0.4, 0.5) is 0 Å². The first kappa shape index (κ1) is 16.7. The molecule has 0 nitrogen and oxygen atoms in total. The molecule has 1 aliphatic carbocycles. The SMILES string of the molecule is C1=C\CC/C=C\CC/1.Cc1cc[c-](C)c1.[Cl][Ru+]. The van der Waals surface area contributed by atoms with Crippen molar-refractivity contribution in [2.24, 2.45) is 0 Å². The van der Waals surface area contributed by atoms with Crippen LogP contribution in [0.5, 0.6) is 0 Å². The number of rotatable bonds is 0. The van der Waals surface area contributed by atoms with E-state index < -0.39 is 0 Å². The van der Waals surface area contributed by atoms with E-state index in [9.17, 15) is 0 Å². The average molecular weight is 338 g/mol. The van der Waals surface area contributed by atoms with E-state index in [0.29, 0.717) is 0 Å². The second-order valence-electron chi connectivity index (χ2n) is 4.06. The van der Waals surface area contributed by atoms with Gasteiger partial charge in [-0.2, -0.15) is 17.7 Å². The molecule has 96 valence electrons. The summed E-state index contributed by atoms with van der Waals surface area (Å²) in [5.74, 6) is 0. The van der Waals surface area contributed by atoms with E-state index in [1.165, 1.54) is 36.8 Å². The third-order valence-electron chi connectivity index (χ3n) is 2.40. The fraction of sp³-hybridized carbons (Fsp3) is 0.400. The van der Waals surface area contributed by atoms with Crippen molar-refractivity contribution in [3.63, 3.8) is 0 Å². The summed E-state index contributed by atoms with van der Waals surface area (Å²) in [7, 11) is 4.57. The normalized spacial score (nSPS) is 17.4. The van der Waals surface area contributed by atoms with Crippen LogP contribution >= 0.6 is 9.69 Å². The Morgan fingerprint density at radius 1 is 1.00 bits per heavy atom. The van der Waals surface area contributed by atoms with Gasteiger partial charge >= 0.3 is 27.0 Å². The molecule has 17 heavy (non-hydrogen) atoms. The van der Waals surface area contributed by atoms with Crippen LogP contribution in [0.1, 0.15) is 36.8 Å². The van der Waals surface area contributed by atoms with E-state index in [0.717, 1.165) is 0 Å². The fourth-order valence-electron chi connectivity index (χ4n) is 1.57. The Morgan fingerprint density at radius 2 is 1.41 bits per heavy atom. The first-order valence-electron chi connectivity index (χ1n) is 5.92. The monoisotopic (exact) mass is 338 g/mol. The molecule has 0 bridgehead atoms. The van der Waals surface area contributed by atoms with E-state index >= 15 is 0 Å². The van der Waals surface area contributed by atoms with Gasteiger partial charge in [0.05, 0.1) is 0 Å². The molecular formula is C15H21ClRu. The Kier molecular flexibility index (Phi) is 12.0. The van der Waals surface area contributed by atoms with Gasteiger partial charge in [0.1, 0.15) is 0 Å². The summed E-state index contributed by atoms with van der Waals surface area (Å²) in [5, 5.41) is 0. The Morgan fingerprint density at radius 3 is 1.59 bits per heavy atom. The molecular weight excluding hydrogens is 317 g/mol. The van der Waals surface area contributed by atoms with Crippen LogP contribution < -0.4 is 0 Å². The van der Waals surface area contributed by atoms with E-state index in [4.69, 9.17) is 0 Å². The van der Waals surface area contributed by atoms with E-state index in [1.54, 1.807) is 0 Å². The molecule has 0 unspecified atom stereocenters. The van der Waals surface area contributed by atoms with Crippen molar-refractivity contribution in [2.45, 2.75) is 39.5 Å². The number of allylic oxidation sites excluding steroid dienone is 4. The van der Waals surface area contributed by atoms with Crippen molar-refractivity contribution >= 4 is 9.69 Å². The van der Waals surface area contributed by atoms with Crippen LogP contribution in [0.25, 0.3) is 0 Å². The fourth-order valence-corrected chi connectivity index (χ4v) is 1.57. The minimum absolute atomic E-state index is 1.23. The Labute approximate surface area is 120 Å². The van der Waals surface area contributed by atoms with E-state index in [1.807, 2.05) is 17.3 Å². The van der Waals surface area contributed by atoms with Gasteiger partial charge in [-0.1, -0.05) is 38.2 Å². The molecule has 0 saturated heterocycles. The molecule has 1 aromatic carbocycles. The van der Waals surface area contributed by atoms with Gasteiger partial charge in [0.2, 0.25) is 0 Å². The summed E-state index contributed by atoms with van der Waals surface area (Å²) >= 11 is 1.82. The molecule has 0 saturated carbocycles. The van der Waals surface area contributed by atoms with Crippen LogP contribution in [0.2, 0.25) is 0 Å². The van der Waals surface area contributed by atoms with Gasteiger partial charge in [0, 0.05) is 0 Å². The van der Waals surface area contributed by atoms with Crippen molar-refractivity contribution < 1.29 is 17.3 Å². The second kappa shape index (κ2) is 12.2. The van der Waals surface area contributed by atoms with Crippen molar-refractivity contribution in [1.82, 2.24) is 0 Å². The molecule has 1 aliphatic rings. The number of aryl methyl sites for hydroxylation is 2. The standard InChI is InChI=1S/C8H12.C7H9.ClH.Ru/c1-2-4-6-8-7-5-3-1;1-6-3-4-7(2)5-6;;/h1-2,7-8H,3-6H2;3-5H,1-2H3;1H;/q;-1;;+2/p-1/b2-1-,8-7-;;;. The summed E-state index contributed by atoms with van der Waals surface area (Å²) in [5.41, 5.74) is 2.72. The molecule has 0 aliphatic heterocycles. The van der Waals surface area contributed by atoms with Gasteiger partial charge in [0.15, 0.2) is 0 Å². The quantitative estimate of drug-likeness (QED) is 0.338. The number of hydrogen-bond acceptors (Lipinski definition) is 0. The van der Waals surface area contributed by atoms with E-state index in [-0.39, 0.29) is 0 Å². The Balaban J connectivity index is 0.000000265. The zero-order chi connectivity index (χ0) is 12.9. The summed E-state index contributed by atoms with van der Waals surface area (Å²) in [4.78, 5) is 0. The molecule has 0 fully saturated rings.